The molecule has 0 radical (unpaired) electrons. The van der Waals surface area contributed by atoms with Gasteiger partial charge in [0.15, 0.2) is 6.61 Å². The van der Waals surface area contributed by atoms with Crippen molar-refractivity contribution in [2.24, 2.45) is 10.3 Å². The van der Waals surface area contributed by atoms with Gasteiger partial charge in [-0.05, 0) is 10.7 Å². The number of oxime groups is 2. The fraction of sp³-hybridized carbons (Fsp3) is 0.0909. The maximum absolute atomic E-state index is 5.03. The highest BCUT2D eigenvalue weighted by Crippen LogP contribution is 1.97. The van der Waals surface area contributed by atoms with Crippen molar-refractivity contribution in [3.05, 3.63) is 48.2 Å². The van der Waals surface area contributed by atoms with E-state index < -0.39 is 0 Å². The summed E-state index contributed by atoms with van der Waals surface area (Å²) in [4.78, 5) is 13.8. The molecule has 5 heteroatoms. The normalized spacial score (nSPS) is 14.1. The van der Waals surface area contributed by atoms with Gasteiger partial charge >= 0.3 is 0 Å². The Kier molecular flexibility index (Phi) is 3.55. The zero-order valence-electron chi connectivity index (χ0n) is 8.45. The zero-order valence-corrected chi connectivity index (χ0v) is 8.45. The van der Waals surface area contributed by atoms with E-state index in [-0.39, 0.29) is 6.61 Å². The Morgan fingerprint density at radius 2 is 2.19 bits per heavy atom. The lowest BCUT2D eigenvalue weighted by Gasteiger charge is -2.02. The summed E-state index contributed by atoms with van der Waals surface area (Å²) in [5.74, 6) is 0. The molecule has 1 aromatic carbocycles. The Morgan fingerprint density at radius 1 is 1.31 bits per heavy atom. The fourth-order valence-electron chi connectivity index (χ4n) is 1.05. The summed E-state index contributed by atoms with van der Waals surface area (Å²) < 4.78 is 0. The van der Waals surface area contributed by atoms with Crippen molar-refractivity contribution in [1.29, 1.82) is 0 Å². The van der Waals surface area contributed by atoms with Crippen LogP contribution < -0.4 is 0 Å². The Balaban J connectivity index is 1.78. The molecule has 5 nitrogen and oxygen atoms in total. The van der Waals surface area contributed by atoms with Gasteiger partial charge in [0.2, 0.25) is 0 Å². The van der Waals surface area contributed by atoms with E-state index in [2.05, 4.69) is 20.2 Å². The molecule has 0 bridgehead atoms. The van der Waals surface area contributed by atoms with E-state index in [0.29, 0.717) is 5.71 Å². The lowest BCUT2D eigenvalue weighted by Crippen LogP contribution is -2.07. The highest BCUT2D eigenvalue weighted by atomic mass is 17.3. The van der Waals surface area contributed by atoms with Crippen LogP contribution in [0.15, 0.2) is 53.0 Å². The maximum Gasteiger partial charge on any atom is 0.162 e. The summed E-state index contributed by atoms with van der Waals surface area (Å²) >= 11 is 0. The van der Waals surface area contributed by atoms with Crippen LogP contribution in [0.4, 0.5) is 0 Å². The number of hydrogen-bond donors (Lipinski definition) is 0. The molecule has 0 spiro atoms. The summed E-state index contributed by atoms with van der Waals surface area (Å²) in [5.41, 5.74) is 1.58. The SMILES string of the molecule is C1=CC(CO/N=C/c2ccccc2)=NOO1. The molecule has 0 saturated carbocycles. The van der Waals surface area contributed by atoms with E-state index in [1.807, 2.05) is 30.3 Å². The van der Waals surface area contributed by atoms with Crippen LogP contribution in [-0.2, 0) is 14.7 Å². The van der Waals surface area contributed by atoms with Gasteiger partial charge in [-0.1, -0.05) is 35.5 Å². The number of rotatable bonds is 4. The second-order valence-corrected chi connectivity index (χ2v) is 2.97. The first kappa shape index (κ1) is 10.2. The van der Waals surface area contributed by atoms with Gasteiger partial charge in [-0.2, -0.15) is 4.99 Å². The molecular formula is C11H10N2O3. The third-order valence-electron chi connectivity index (χ3n) is 1.80. The molecule has 0 amide bonds. The minimum absolute atomic E-state index is 0.239. The Labute approximate surface area is 92.5 Å². The Hall–Kier alpha value is -2.30. The van der Waals surface area contributed by atoms with E-state index in [9.17, 15) is 0 Å². The van der Waals surface area contributed by atoms with Crippen LogP contribution in [0.2, 0.25) is 0 Å². The van der Waals surface area contributed by atoms with E-state index in [0.717, 1.165) is 5.56 Å². The molecule has 1 aromatic rings. The molecule has 1 aliphatic heterocycles. The monoisotopic (exact) mass is 218 g/mol. The molecule has 0 unspecified atom stereocenters. The molecule has 2 rings (SSSR count). The minimum Gasteiger partial charge on any atom is -0.389 e. The summed E-state index contributed by atoms with van der Waals surface area (Å²) in [7, 11) is 0. The predicted molar refractivity (Wildman–Crippen MR) is 58.7 cm³/mol. The van der Waals surface area contributed by atoms with Gasteiger partial charge in [-0.3, -0.25) is 4.89 Å². The molecule has 0 saturated heterocycles. The van der Waals surface area contributed by atoms with Crippen molar-refractivity contribution in [2.45, 2.75) is 0 Å². The van der Waals surface area contributed by atoms with Gasteiger partial charge in [-0.15, -0.1) is 0 Å². The molecule has 0 aromatic heterocycles. The molecule has 1 heterocycles. The maximum atomic E-state index is 5.03. The smallest absolute Gasteiger partial charge is 0.162 e. The molecule has 82 valence electrons. The van der Waals surface area contributed by atoms with Crippen LogP contribution in [0.5, 0.6) is 0 Å². The number of hydrogen-bond acceptors (Lipinski definition) is 5. The lowest BCUT2D eigenvalue weighted by atomic mass is 10.2. The first-order valence-corrected chi connectivity index (χ1v) is 4.71. The van der Waals surface area contributed by atoms with E-state index in [1.165, 1.54) is 6.26 Å². The van der Waals surface area contributed by atoms with Crippen molar-refractivity contribution in [3.63, 3.8) is 0 Å². The van der Waals surface area contributed by atoms with Crippen molar-refractivity contribution in [2.75, 3.05) is 6.61 Å². The molecule has 1 aliphatic rings. The third-order valence-corrected chi connectivity index (χ3v) is 1.80. The van der Waals surface area contributed by atoms with Gasteiger partial charge in [0, 0.05) is 6.08 Å². The van der Waals surface area contributed by atoms with Crippen molar-refractivity contribution in [1.82, 2.24) is 0 Å². The Morgan fingerprint density at radius 3 is 2.94 bits per heavy atom. The predicted octanol–water partition coefficient (Wildman–Crippen LogP) is 1.87. The van der Waals surface area contributed by atoms with Gasteiger partial charge in [0.25, 0.3) is 0 Å². The fourth-order valence-corrected chi connectivity index (χ4v) is 1.05. The van der Waals surface area contributed by atoms with Crippen molar-refractivity contribution < 1.29 is 14.7 Å². The van der Waals surface area contributed by atoms with Crippen LogP contribution >= 0.6 is 0 Å². The van der Waals surface area contributed by atoms with Crippen molar-refractivity contribution in [3.8, 4) is 0 Å². The molecule has 0 aliphatic carbocycles. The standard InChI is InChI=1S/C11H10N2O3/c1-2-4-10(5-3-1)8-12-14-9-11-6-7-15-16-13-11/h1-8H,9H2/b12-8+. The average molecular weight is 218 g/mol. The second kappa shape index (κ2) is 5.55. The summed E-state index contributed by atoms with van der Waals surface area (Å²) in [6, 6.07) is 9.67. The van der Waals surface area contributed by atoms with E-state index in [1.54, 1.807) is 12.3 Å². The first-order valence-electron chi connectivity index (χ1n) is 4.71. The number of benzene rings is 1. The Bertz CT molecular complexity index is 412. The summed E-state index contributed by atoms with van der Waals surface area (Å²) in [6.07, 6.45) is 4.65. The van der Waals surface area contributed by atoms with Gasteiger partial charge in [0.1, 0.15) is 12.0 Å². The zero-order chi connectivity index (χ0) is 11.1. The summed E-state index contributed by atoms with van der Waals surface area (Å²) in [6.45, 7) is 0.239. The largest absolute Gasteiger partial charge is 0.389 e. The van der Waals surface area contributed by atoms with Crippen LogP contribution in [0.1, 0.15) is 5.56 Å². The highest BCUT2D eigenvalue weighted by Gasteiger charge is 2.00. The average Bonchev–Trinajstić information content (AvgIpc) is 2.37. The third kappa shape index (κ3) is 3.13. The van der Waals surface area contributed by atoms with Gasteiger partial charge < -0.3 is 4.84 Å². The molecule has 0 N–H and O–H groups in total. The summed E-state index contributed by atoms with van der Waals surface area (Å²) in [5, 5.41) is 7.38. The van der Waals surface area contributed by atoms with Gasteiger partial charge in [0.05, 0.1) is 6.21 Å². The van der Waals surface area contributed by atoms with Crippen molar-refractivity contribution >= 4 is 11.9 Å². The van der Waals surface area contributed by atoms with E-state index >= 15 is 0 Å². The molecule has 0 atom stereocenters. The minimum atomic E-state index is 0.239. The molecule has 16 heavy (non-hydrogen) atoms. The highest BCUT2D eigenvalue weighted by molar-refractivity contribution is 5.95. The van der Waals surface area contributed by atoms with E-state index in [4.69, 9.17) is 4.84 Å². The molecule has 0 fully saturated rings. The topological polar surface area (TPSA) is 52.4 Å². The number of nitrogens with zero attached hydrogens (tertiary/aromatic N) is 2. The van der Waals surface area contributed by atoms with Crippen LogP contribution in [0, 0.1) is 0 Å². The molecular weight excluding hydrogens is 208 g/mol. The van der Waals surface area contributed by atoms with Crippen LogP contribution in [0.25, 0.3) is 0 Å². The lowest BCUT2D eigenvalue weighted by molar-refractivity contribution is -0.252. The first-order chi connectivity index (χ1) is 7.95. The van der Waals surface area contributed by atoms with Crippen LogP contribution in [-0.4, -0.2) is 18.5 Å². The quantitative estimate of drug-likeness (QED) is 0.440. The second-order valence-electron chi connectivity index (χ2n) is 2.97. The van der Waals surface area contributed by atoms with Crippen LogP contribution in [0.3, 0.4) is 0 Å². The van der Waals surface area contributed by atoms with Gasteiger partial charge in [-0.25, -0.2) is 0 Å².